The smallest absolute Gasteiger partial charge is 0.132 e. The molecule has 2 rings (SSSR count). The van der Waals surface area contributed by atoms with Gasteiger partial charge in [0.1, 0.15) is 5.82 Å². The molecule has 1 saturated carbocycles. The van der Waals surface area contributed by atoms with Gasteiger partial charge in [0.2, 0.25) is 0 Å². The van der Waals surface area contributed by atoms with Crippen LogP contribution in [-0.4, -0.2) is 23.1 Å². The lowest BCUT2D eigenvalue weighted by Gasteiger charge is -2.15. The van der Waals surface area contributed by atoms with Crippen molar-refractivity contribution in [1.82, 2.24) is 9.97 Å². The number of nitrogens with two attached hydrogens (primary N) is 1. The Morgan fingerprint density at radius 2 is 1.78 bits per heavy atom. The van der Waals surface area contributed by atoms with Crippen molar-refractivity contribution < 1.29 is 0 Å². The van der Waals surface area contributed by atoms with Gasteiger partial charge in [-0.1, -0.05) is 12.8 Å². The largest absolute Gasteiger partial charge is 0.382 e. The zero-order valence-electron chi connectivity index (χ0n) is 11.5. The zero-order chi connectivity index (χ0) is 13.0. The van der Waals surface area contributed by atoms with E-state index in [0.29, 0.717) is 12.5 Å². The van der Waals surface area contributed by atoms with Gasteiger partial charge in [-0.3, -0.25) is 0 Å². The lowest BCUT2D eigenvalue weighted by Crippen LogP contribution is -2.13. The highest BCUT2D eigenvalue weighted by Gasteiger charge is 2.21. The summed E-state index contributed by atoms with van der Waals surface area (Å²) in [6, 6.07) is 0. The second-order valence-electron chi connectivity index (χ2n) is 5.18. The highest BCUT2D eigenvalue weighted by molar-refractivity contribution is 5.51. The van der Waals surface area contributed by atoms with E-state index in [4.69, 9.17) is 5.73 Å². The van der Waals surface area contributed by atoms with Crippen LogP contribution in [0.2, 0.25) is 0 Å². The van der Waals surface area contributed by atoms with Gasteiger partial charge in [0.05, 0.1) is 17.1 Å². The topological polar surface area (TPSA) is 63.8 Å². The molecular formula is C14H24N4. The molecule has 1 aliphatic carbocycles. The van der Waals surface area contributed by atoms with Crippen LogP contribution in [0.25, 0.3) is 0 Å². The number of nitrogens with zero attached hydrogens (tertiary/aromatic N) is 2. The average Bonchev–Trinajstić information content (AvgIpc) is 2.86. The molecule has 3 N–H and O–H groups in total. The van der Waals surface area contributed by atoms with Gasteiger partial charge in [-0.05, 0) is 39.7 Å². The predicted octanol–water partition coefficient (Wildman–Crippen LogP) is 2.51. The Balaban J connectivity index is 2.12. The maximum atomic E-state index is 5.50. The number of hydrogen-bond acceptors (Lipinski definition) is 4. The lowest BCUT2D eigenvalue weighted by atomic mass is 10.1. The van der Waals surface area contributed by atoms with E-state index in [9.17, 15) is 0 Å². The summed E-state index contributed by atoms with van der Waals surface area (Å²) in [7, 11) is 0. The maximum absolute atomic E-state index is 5.50. The van der Waals surface area contributed by atoms with Crippen molar-refractivity contribution in [1.29, 1.82) is 0 Å². The molecule has 0 bridgehead atoms. The normalized spacial score (nSPS) is 16.2. The molecule has 0 aromatic carbocycles. The Morgan fingerprint density at radius 3 is 2.33 bits per heavy atom. The summed E-state index contributed by atoms with van der Waals surface area (Å²) in [5, 5.41) is 3.39. The number of hydrogen-bond donors (Lipinski definition) is 2. The van der Waals surface area contributed by atoms with Crippen molar-refractivity contribution >= 4 is 5.69 Å². The molecule has 0 amide bonds. The molecule has 1 aliphatic rings. The van der Waals surface area contributed by atoms with Crippen molar-refractivity contribution in [2.45, 2.75) is 51.9 Å². The molecule has 1 aromatic heterocycles. The summed E-state index contributed by atoms with van der Waals surface area (Å²) in [6.45, 7) is 5.74. The van der Waals surface area contributed by atoms with Crippen LogP contribution in [-0.2, 0) is 0 Å². The van der Waals surface area contributed by atoms with E-state index in [1.54, 1.807) is 0 Å². The molecule has 1 heterocycles. The summed E-state index contributed by atoms with van der Waals surface area (Å²) in [5.74, 6) is 1.63. The van der Waals surface area contributed by atoms with Crippen LogP contribution < -0.4 is 11.1 Å². The van der Waals surface area contributed by atoms with Crippen LogP contribution >= 0.6 is 0 Å². The van der Waals surface area contributed by atoms with Gasteiger partial charge in [-0.25, -0.2) is 9.97 Å². The van der Waals surface area contributed by atoms with Crippen LogP contribution in [0.1, 0.15) is 55.2 Å². The first-order valence-corrected chi connectivity index (χ1v) is 7.01. The van der Waals surface area contributed by atoms with E-state index in [1.165, 1.54) is 25.7 Å². The van der Waals surface area contributed by atoms with Crippen LogP contribution in [0.4, 0.5) is 5.69 Å². The first kappa shape index (κ1) is 13.3. The molecular weight excluding hydrogens is 224 g/mol. The minimum absolute atomic E-state index is 0.584. The molecule has 0 saturated heterocycles. The molecule has 0 aliphatic heterocycles. The van der Waals surface area contributed by atoms with Gasteiger partial charge in [0.15, 0.2) is 0 Å². The van der Waals surface area contributed by atoms with Crippen LogP contribution in [0, 0.1) is 13.8 Å². The Labute approximate surface area is 109 Å². The summed E-state index contributed by atoms with van der Waals surface area (Å²) in [4.78, 5) is 9.38. The Kier molecular flexibility index (Phi) is 4.53. The standard InChI is InChI=1S/C14H24N4/c1-10-13(16-9-5-8-15)11(2)18-14(17-10)12-6-3-4-7-12/h12,16H,3-9,15H2,1-2H3. The fourth-order valence-electron chi connectivity index (χ4n) is 2.68. The monoisotopic (exact) mass is 248 g/mol. The van der Waals surface area contributed by atoms with E-state index >= 15 is 0 Å². The molecule has 1 fully saturated rings. The Hall–Kier alpha value is -1.16. The quantitative estimate of drug-likeness (QED) is 0.786. The van der Waals surface area contributed by atoms with Crippen molar-refractivity contribution in [3.63, 3.8) is 0 Å². The molecule has 0 unspecified atom stereocenters. The molecule has 100 valence electrons. The minimum atomic E-state index is 0.584. The van der Waals surface area contributed by atoms with Crippen LogP contribution in [0.3, 0.4) is 0 Å². The molecule has 4 heteroatoms. The third kappa shape index (κ3) is 2.99. The summed E-state index contributed by atoms with van der Waals surface area (Å²) in [5.41, 5.74) is 8.73. The van der Waals surface area contributed by atoms with E-state index in [0.717, 1.165) is 35.9 Å². The summed E-state index contributed by atoms with van der Waals surface area (Å²) in [6.07, 6.45) is 6.12. The second kappa shape index (κ2) is 6.14. The third-order valence-corrected chi connectivity index (χ3v) is 3.69. The minimum Gasteiger partial charge on any atom is -0.382 e. The van der Waals surface area contributed by atoms with Gasteiger partial charge >= 0.3 is 0 Å². The SMILES string of the molecule is Cc1nc(C2CCCC2)nc(C)c1NCCCN. The van der Waals surface area contributed by atoms with E-state index in [1.807, 2.05) is 0 Å². The predicted molar refractivity (Wildman–Crippen MR) is 74.9 cm³/mol. The van der Waals surface area contributed by atoms with E-state index in [2.05, 4.69) is 29.1 Å². The fraction of sp³-hybridized carbons (Fsp3) is 0.714. The molecule has 4 nitrogen and oxygen atoms in total. The number of anilines is 1. The molecule has 18 heavy (non-hydrogen) atoms. The van der Waals surface area contributed by atoms with Gasteiger partial charge < -0.3 is 11.1 Å². The Morgan fingerprint density at radius 1 is 1.17 bits per heavy atom. The number of rotatable bonds is 5. The molecule has 0 spiro atoms. The van der Waals surface area contributed by atoms with Crippen LogP contribution in [0.5, 0.6) is 0 Å². The fourth-order valence-corrected chi connectivity index (χ4v) is 2.68. The third-order valence-electron chi connectivity index (χ3n) is 3.69. The molecule has 1 aromatic rings. The highest BCUT2D eigenvalue weighted by Crippen LogP contribution is 2.33. The number of nitrogens with one attached hydrogen (secondary N) is 1. The number of aromatic nitrogens is 2. The van der Waals surface area contributed by atoms with Crippen molar-refractivity contribution in [3.05, 3.63) is 17.2 Å². The number of aryl methyl sites for hydroxylation is 2. The second-order valence-corrected chi connectivity index (χ2v) is 5.18. The Bertz CT molecular complexity index is 374. The van der Waals surface area contributed by atoms with E-state index in [-0.39, 0.29) is 0 Å². The molecule has 0 radical (unpaired) electrons. The highest BCUT2D eigenvalue weighted by atomic mass is 15.0. The van der Waals surface area contributed by atoms with Gasteiger partial charge in [-0.2, -0.15) is 0 Å². The summed E-state index contributed by atoms with van der Waals surface area (Å²) < 4.78 is 0. The molecule has 0 atom stereocenters. The van der Waals surface area contributed by atoms with Gasteiger partial charge in [-0.15, -0.1) is 0 Å². The van der Waals surface area contributed by atoms with E-state index < -0.39 is 0 Å². The first-order valence-electron chi connectivity index (χ1n) is 7.01. The van der Waals surface area contributed by atoms with Gasteiger partial charge in [0, 0.05) is 12.5 Å². The van der Waals surface area contributed by atoms with Crippen molar-refractivity contribution in [2.24, 2.45) is 5.73 Å². The summed E-state index contributed by atoms with van der Waals surface area (Å²) >= 11 is 0. The van der Waals surface area contributed by atoms with Crippen molar-refractivity contribution in [3.8, 4) is 0 Å². The maximum Gasteiger partial charge on any atom is 0.132 e. The first-order chi connectivity index (χ1) is 8.72. The lowest BCUT2D eigenvalue weighted by molar-refractivity contribution is 0.660. The van der Waals surface area contributed by atoms with Gasteiger partial charge in [0.25, 0.3) is 0 Å². The zero-order valence-corrected chi connectivity index (χ0v) is 11.5. The van der Waals surface area contributed by atoms with Crippen molar-refractivity contribution in [2.75, 3.05) is 18.4 Å². The van der Waals surface area contributed by atoms with Crippen LogP contribution in [0.15, 0.2) is 0 Å². The average molecular weight is 248 g/mol.